The van der Waals surface area contributed by atoms with Crippen molar-refractivity contribution < 1.29 is 0 Å². The lowest BCUT2D eigenvalue weighted by atomic mass is 10.1. The minimum Gasteiger partial charge on any atom is -0.291 e. The van der Waals surface area contributed by atoms with Gasteiger partial charge in [-0.1, -0.05) is 60.7 Å². The Labute approximate surface area is 137 Å². The van der Waals surface area contributed by atoms with Crippen LogP contribution >= 0.6 is 0 Å². The van der Waals surface area contributed by atoms with E-state index in [4.69, 9.17) is 5.10 Å². The van der Waals surface area contributed by atoms with Crippen LogP contribution in [0, 0.1) is 0 Å². The molecule has 4 rings (SSSR count). The molecule has 0 bridgehead atoms. The Balaban J connectivity index is 1.45. The molecule has 0 saturated carbocycles. The van der Waals surface area contributed by atoms with Crippen LogP contribution in [0.3, 0.4) is 0 Å². The Bertz CT molecular complexity index is 762. The van der Waals surface area contributed by atoms with Gasteiger partial charge in [0.25, 0.3) is 0 Å². The van der Waals surface area contributed by atoms with Crippen LogP contribution in [0.4, 0.5) is 0 Å². The monoisotopic (exact) mass is 303 g/mol. The molecule has 0 radical (unpaired) electrons. The molecule has 116 valence electrons. The van der Waals surface area contributed by atoms with Gasteiger partial charge in [-0.3, -0.25) is 9.58 Å². The third-order valence-electron chi connectivity index (χ3n) is 4.40. The van der Waals surface area contributed by atoms with Crippen molar-refractivity contribution in [3.8, 4) is 0 Å². The summed E-state index contributed by atoms with van der Waals surface area (Å²) in [5.41, 5.74) is 5.21. The number of hydrogen-bond donors (Lipinski definition) is 0. The summed E-state index contributed by atoms with van der Waals surface area (Å²) in [6.45, 7) is 4.04. The van der Waals surface area contributed by atoms with E-state index in [1.165, 1.54) is 22.5 Å². The summed E-state index contributed by atoms with van der Waals surface area (Å²) < 4.78 is 2.18. The van der Waals surface area contributed by atoms with Crippen molar-refractivity contribution >= 4 is 0 Å². The summed E-state index contributed by atoms with van der Waals surface area (Å²) >= 11 is 0. The minimum atomic E-state index is 0.916. The minimum absolute atomic E-state index is 0.916. The van der Waals surface area contributed by atoms with Gasteiger partial charge in [-0.15, -0.1) is 0 Å². The second-order valence-electron chi connectivity index (χ2n) is 6.21. The van der Waals surface area contributed by atoms with Crippen molar-refractivity contribution in [2.45, 2.75) is 26.1 Å². The van der Waals surface area contributed by atoms with Crippen molar-refractivity contribution in [3.63, 3.8) is 0 Å². The van der Waals surface area contributed by atoms with Crippen LogP contribution in [-0.4, -0.2) is 21.2 Å². The van der Waals surface area contributed by atoms with Gasteiger partial charge in [0.1, 0.15) is 0 Å². The molecule has 3 aromatic rings. The first-order valence-corrected chi connectivity index (χ1v) is 8.23. The van der Waals surface area contributed by atoms with E-state index in [1.54, 1.807) is 0 Å². The highest BCUT2D eigenvalue weighted by Crippen LogP contribution is 2.18. The van der Waals surface area contributed by atoms with E-state index in [0.717, 1.165) is 32.6 Å². The largest absolute Gasteiger partial charge is 0.291 e. The van der Waals surface area contributed by atoms with E-state index in [-0.39, 0.29) is 0 Å². The van der Waals surface area contributed by atoms with Gasteiger partial charge in [-0.05, 0) is 17.2 Å². The Morgan fingerprint density at radius 3 is 2.26 bits per heavy atom. The zero-order valence-electron chi connectivity index (χ0n) is 13.2. The Kier molecular flexibility index (Phi) is 3.95. The van der Waals surface area contributed by atoms with E-state index in [9.17, 15) is 0 Å². The number of aromatic nitrogens is 2. The molecule has 0 amide bonds. The lowest BCUT2D eigenvalue weighted by Crippen LogP contribution is -2.33. The van der Waals surface area contributed by atoms with E-state index in [2.05, 4.69) is 76.3 Å². The predicted octanol–water partition coefficient (Wildman–Crippen LogP) is 3.49. The number of fused-ring (bicyclic) bond motifs is 1. The maximum absolute atomic E-state index is 4.78. The van der Waals surface area contributed by atoms with Crippen molar-refractivity contribution in [3.05, 3.63) is 89.2 Å². The van der Waals surface area contributed by atoms with Gasteiger partial charge in [0.2, 0.25) is 0 Å². The average Bonchev–Trinajstić information content (AvgIpc) is 2.98. The molecule has 2 aromatic carbocycles. The average molecular weight is 303 g/mol. The standard InChI is InChI=1S/C20H21N3/c1-3-7-17(8-4-1)13-19-14-20-16-22(11-12-23(20)21-19)15-18-9-5-2-6-10-18/h1-10,14H,11-13,15-16H2. The predicted molar refractivity (Wildman–Crippen MR) is 92.0 cm³/mol. The molecular weight excluding hydrogens is 282 g/mol. The van der Waals surface area contributed by atoms with Gasteiger partial charge < -0.3 is 0 Å². The normalized spacial score (nSPS) is 14.6. The maximum Gasteiger partial charge on any atom is 0.0671 e. The quantitative estimate of drug-likeness (QED) is 0.735. The highest BCUT2D eigenvalue weighted by atomic mass is 15.3. The third kappa shape index (κ3) is 3.35. The number of hydrogen-bond acceptors (Lipinski definition) is 2. The van der Waals surface area contributed by atoms with Gasteiger partial charge in [0, 0.05) is 26.1 Å². The van der Waals surface area contributed by atoms with E-state index < -0.39 is 0 Å². The molecule has 0 unspecified atom stereocenters. The maximum atomic E-state index is 4.78. The molecule has 0 N–H and O–H groups in total. The van der Waals surface area contributed by atoms with Crippen molar-refractivity contribution in [1.82, 2.24) is 14.7 Å². The lowest BCUT2D eigenvalue weighted by molar-refractivity contribution is 0.205. The third-order valence-corrected chi connectivity index (χ3v) is 4.40. The Morgan fingerprint density at radius 2 is 1.52 bits per heavy atom. The molecular formula is C20H21N3. The number of nitrogens with zero attached hydrogens (tertiary/aromatic N) is 3. The van der Waals surface area contributed by atoms with Crippen LogP contribution in [0.25, 0.3) is 0 Å². The van der Waals surface area contributed by atoms with Crippen LogP contribution in [-0.2, 0) is 26.1 Å². The molecule has 3 heteroatoms. The second kappa shape index (κ2) is 6.39. The zero-order chi connectivity index (χ0) is 15.5. The van der Waals surface area contributed by atoms with Crippen molar-refractivity contribution in [2.75, 3.05) is 6.54 Å². The van der Waals surface area contributed by atoms with Crippen molar-refractivity contribution in [1.29, 1.82) is 0 Å². The smallest absolute Gasteiger partial charge is 0.0671 e. The molecule has 0 saturated heterocycles. The van der Waals surface area contributed by atoms with Gasteiger partial charge >= 0.3 is 0 Å². The summed E-state index contributed by atoms with van der Waals surface area (Å²) in [6, 6.07) is 23.5. The van der Waals surface area contributed by atoms with Crippen LogP contribution in [0.5, 0.6) is 0 Å². The fourth-order valence-electron chi connectivity index (χ4n) is 3.25. The Hall–Kier alpha value is -2.39. The summed E-state index contributed by atoms with van der Waals surface area (Å²) in [5.74, 6) is 0. The van der Waals surface area contributed by atoms with E-state index in [0.29, 0.717) is 0 Å². The van der Waals surface area contributed by atoms with Crippen LogP contribution < -0.4 is 0 Å². The highest BCUT2D eigenvalue weighted by molar-refractivity contribution is 5.23. The zero-order valence-corrected chi connectivity index (χ0v) is 13.2. The van der Waals surface area contributed by atoms with Crippen LogP contribution in [0.15, 0.2) is 66.7 Å². The van der Waals surface area contributed by atoms with Gasteiger partial charge in [0.15, 0.2) is 0 Å². The fraction of sp³-hybridized carbons (Fsp3) is 0.250. The van der Waals surface area contributed by atoms with E-state index in [1.807, 2.05) is 0 Å². The molecule has 2 heterocycles. The Morgan fingerprint density at radius 1 is 0.826 bits per heavy atom. The topological polar surface area (TPSA) is 21.1 Å². The lowest BCUT2D eigenvalue weighted by Gasteiger charge is -2.27. The molecule has 0 aliphatic carbocycles. The highest BCUT2D eigenvalue weighted by Gasteiger charge is 2.18. The first kappa shape index (κ1) is 14.2. The van der Waals surface area contributed by atoms with E-state index >= 15 is 0 Å². The second-order valence-corrected chi connectivity index (χ2v) is 6.21. The fourth-order valence-corrected chi connectivity index (χ4v) is 3.25. The molecule has 0 fully saturated rings. The molecule has 23 heavy (non-hydrogen) atoms. The number of benzene rings is 2. The summed E-state index contributed by atoms with van der Waals surface area (Å²) in [7, 11) is 0. The molecule has 0 atom stereocenters. The molecule has 1 aliphatic heterocycles. The van der Waals surface area contributed by atoms with Crippen LogP contribution in [0.2, 0.25) is 0 Å². The first-order chi connectivity index (χ1) is 11.4. The molecule has 1 aliphatic rings. The van der Waals surface area contributed by atoms with Gasteiger partial charge in [-0.25, -0.2) is 0 Å². The van der Waals surface area contributed by atoms with Crippen LogP contribution in [0.1, 0.15) is 22.5 Å². The molecule has 0 spiro atoms. The van der Waals surface area contributed by atoms with Gasteiger partial charge in [0.05, 0.1) is 17.9 Å². The first-order valence-electron chi connectivity index (χ1n) is 8.23. The number of rotatable bonds is 4. The summed E-state index contributed by atoms with van der Waals surface area (Å²) in [4.78, 5) is 2.50. The summed E-state index contributed by atoms with van der Waals surface area (Å²) in [5, 5.41) is 4.78. The molecule has 3 nitrogen and oxygen atoms in total. The SMILES string of the molecule is c1ccc(Cc2cc3n(n2)CCN(Cc2ccccc2)C3)cc1. The molecule has 1 aromatic heterocycles. The summed E-state index contributed by atoms with van der Waals surface area (Å²) in [6.07, 6.45) is 0.916. The van der Waals surface area contributed by atoms with Gasteiger partial charge in [-0.2, -0.15) is 5.10 Å². The van der Waals surface area contributed by atoms with Crippen molar-refractivity contribution in [2.24, 2.45) is 0 Å².